The molecule has 0 bridgehead atoms. The van der Waals surface area contributed by atoms with Crippen molar-refractivity contribution in [1.29, 1.82) is 0 Å². The molecule has 1 unspecified atom stereocenters. The van der Waals surface area contributed by atoms with Gasteiger partial charge in [-0.2, -0.15) is 5.10 Å². The van der Waals surface area contributed by atoms with E-state index in [-0.39, 0.29) is 0 Å². The fraction of sp³-hybridized carbons (Fsp3) is 0.857. The van der Waals surface area contributed by atoms with Crippen LogP contribution in [0.25, 0.3) is 0 Å². The molecule has 1 N–H and O–H groups in total. The molecule has 1 aromatic heterocycles. The van der Waals surface area contributed by atoms with Crippen LogP contribution in [0.5, 0.6) is 0 Å². The molecule has 102 valence electrons. The van der Waals surface area contributed by atoms with Crippen LogP contribution in [0.2, 0.25) is 0 Å². The Kier molecular flexibility index (Phi) is 4.75. The summed E-state index contributed by atoms with van der Waals surface area (Å²) in [4.78, 5) is 4.36. The van der Waals surface area contributed by atoms with Crippen LogP contribution >= 0.6 is 0 Å². The van der Waals surface area contributed by atoms with Gasteiger partial charge in [0.2, 0.25) is 0 Å². The van der Waals surface area contributed by atoms with Crippen molar-refractivity contribution >= 4 is 0 Å². The van der Waals surface area contributed by atoms with Crippen LogP contribution in [0.1, 0.15) is 45.4 Å². The van der Waals surface area contributed by atoms with Gasteiger partial charge in [-0.25, -0.2) is 4.98 Å². The zero-order valence-corrected chi connectivity index (χ0v) is 11.9. The summed E-state index contributed by atoms with van der Waals surface area (Å²) in [5.41, 5.74) is 0. The lowest BCUT2D eigenvalue weighted by Gasteiger charge is -2.33. The lowest BCUT2D eigenvalue weighted by atomic mass is 9.78. The molecule has 0 spiro atoms. The van der Waals surface area contributed by atoms with Crippen molar-refractivity contribution in [3.8, 4) is 0 Å². The first-order valence-corrected chi connectivity index (χ1v) is 7.27. The zero-order chi connectivity index (χ0) is 13.0. The maximum atomic E-state index is 4.36. The minimum absolute atomic E-state index is 0.561. The quantitative estimate of drug-likeness (QED) is 0.871. The van der Waals surface area contributed by atoms with E-state index < -0.39 is 0 Å². The van der Waals surface area contributed by atoms with Gasteiger partial charge in [-0.1, -0.05) is 26.7 Å². The lowest BCUT2D eigenvalue weighted by molar-refractivity contribution is 0.228. The van der Waals surface area contributed by atoms with Crippen LogP contribution in [-0.4, -0.2) is 27.4 Å². The summed E-state index contributed by atoms with van der Waals surface area (Å²) in [7, 11) is 1.98. The van der Waals surface area contributed by atoms with E-state index in [2.05, 4.69) is 29.2 Å². The molecule has 18 heavy (non-hydrogen) atoms. The molecule has 2 rings (SSSR count). The molecule has 0 aromatic carbocycles. The maximum absolute atomic E-state index is 4.36. The van der Waals surface area contributed by atoms with E-state index in [1.165, 1.54) is 25.7 Å². The second-order valence-electron chi connectivity index (χ2n) is 5.69. The molecule has 0 radical (unpaired) electrons. The van der Waals surface area contributed by atoms with Crippen molar-refractivity contribution in [2.75, 3.05) is 6.54 Å². The first-order valence-electron chi connectivity index (χ1n) is 7.27. The standard InChI is InChI=1S/C14H26N4/c1-4-15-13(9-14-16-10-17-18(14)3)12-7-5-11(2)6-8-12/h10-13,15H,4-9H2,1-3H3. The van der Waals surface area contributed by atoms with Gasteiger partial charge in [0.25, 0.3) is 0 Å². The highest BCUT2D eigenvalue weighted by atomic mass is 15.3. The van der Waals surface area contributed by atoms with Crippen molar-refractivity contribution in [3.63, 3.8) is 0 Å². The molecular weight excluding hydrogens is 224 g/mol. The van der Waals surface area contributed by atoms with E-state index in [4.69, 9.17) is 0 Å². The molecular formula is C14H26N4. The molecule has 0 amide bonds. The highest BCUT2D eigenvalue weighted by molar-refractivity contribution is 4.92. The molecule has 1 aromatic rings. The SMILES string of the molecule is CCNC(Cc1ncnn1C)C1CCC(C)CC1. The van der Waals surface area contributed by atoms with Gasteiger partial charge in [-0.05, 0) is 31.2 Å². The third-order valence-corrected chi connectivity index (χ3v) is 4.30. The predicted molar refractivity (Wildman–Crippen MR) is 73.3 cm³/mol. The van der Waals surface area contributed by atoms with Gasteiger partial charge in [0.05, 0.1) is 0 Å². The van der Waals surface area contributed by atoms with E-state index in [9.17, 15) is 0 Å². The molecule has 1 aliphatic rings. The molecule has 1 saturated carbocycles. The molecule has 1 atom stereocenters. The maximum Gasteiger partial charge on any atom is 0.138 e. The zero-order valence-electron chi connectivity index (χ0n) is 11.9. The van der Waals surface area contributed by atoms with E-state index in [0.29, 0.717) is 6.04 Å². The number of hydrogen-bond donors (Lipinski definition) is 1. The van der Waals surface area contributed by atoms with Crippen LogP contribution in [-0.2, 0) is 13.5 Å². The van der Waals surface area contributed by atoms with Crippen molar-refractivity contribution in [1.82, 2.24) is 20.1 Å². The van der Waals surface area contributed by atoms with Crippen LogP contribution in [0.15, 0.2) is 6.33 Å². The second-order valence-corrected chi connectivity index (χ2v) is 5.69. The number of nitrogens with zero attached hydrogens (tertiary/aromatic N) is 3. The minimum atomic E-state index is 0.561. The van der Waals surface area contributed by atoms with Gasteiger partial charge in [0.15, 0.2) is 0 Å². The topological polar surface area (TPSA) is 42.7 Å². The number of rotatable bonds is 5. The average Bonchev–Trinajstić information content (AvgIpc) is 2.76. The largest absolute Gasteiger partial charge is 0.314 e. The van der Waals surface area contributed by atoms with E-state index in [0.717, 1.165) is 30.6 Å². The molecule has 0 saturated heterocycles. The fourth-order valence-electron chi connectivity index (χ4n) is 3.06. The Balaban J connectivity index is 1.97. The van der Waals surface area contributed by atoms with Crippen LogP contribution in [0.3, 0.4) is 0 Å². The molecule has 4 heteroatoms. The smallest absolute Gasteiger partial charge is 0.138 e. The summed E-state index contributed by atoms with van der Waals surface area (Å²) in [6, 6.07) is 0.561. The highest BCUT2D eigenvalue weighted by Crippen LogP contribution is 2.31. The van der Waals surface area contributed by atoms with Gasteiger partial charge in [0.1, 0.15) is 12.2 Å². The normalized spacial score (nSPS) is 26.2. The summed E-state index contributed by atoms with van der Waals surface area (Å²) in [6.45, 7) is 5.60. The number of nitrogens with one attached hydrogen (secondary N) is 1. The molecule has 1 aliphatic carbocycles. The van der Waals surface area contributed by atoms with Crippen molar-refractivity contribution in [2.24, 2.45) is 18.9 Å². The fourth-order valence-corrected chi connectivity index (χ4v) is 3.06. The Morgan fingerprint density at radius 2 is 2.11 bits per heavy atom. The highest BCUT2D eigenvalue weighted by Gasteiger charge is 2.26. The summed E-state index contributed by atoms with van der Waals surface area (Å²) >= 11 is 0. The first-order chi connectivity index (χ1) is 8.70. The van der Waals surface area contributed by atoms with Gasteiger partial charge in [0, 0.05) is 19.5 Å². The van der Waals surface area contributed by atoms with E-state index in [1.807, 2.05) is 11.7 Å². The summed E-state index contributed by atoms with van der Waals surface area (Å²) in [5, 5.41) is 7.82. The number of aryl methyl sites for hydroxylation is 1. The monoisotopic (exact) mass is 250 g/mol. The molecule has 4 nitrogen and oxygen atoms in total. The molecule has 1 fully saturated rings. The summed E-state index contributed by atoms with van der Waals surface area (Å²) in [5.74, 6) is 2.82. The third-order valence-electron chi connectivity index (χ3n) is 4.30. The summed E-state index contributed by atoms with van der Waals surface area (Å²) in [6.07, 6.45) is 8.13. The van der Waals surface area contributed by atoms with Crippen molar-refractivity contribution in [3.05, 3.63) is 12.2 Å². The van der Waals surface area contributed by atoms with Gasteiger partial charge < -0.3 is 5.32 Å². The number of hydrogen-bond acceptors (Lipinski definition) is 3. The Hall–Kier alpha value is -0.900. The van der Waals surface area contributed by atoms with Crippen LogP contribution < -0.4 is 5.32 Å². The third kappa shape index (κ3) is 3.31. The number of likely N-dealkylation sites (N-methyl/N-ethyl adjacent to an activating group) is 1. The van der Waals surface area contributed by atoms with Crippen molar-refractivity contribution < 1.29 is 0 Å². The average molecular weight is 250 g/mol. The summed E-state index contributed by atoms with van der Waals surface area (Å²) < 4.78 is 1.90. The van der Waals surface area contributed by atoms with E-state index in [1.54, 1.807) is 6.33 Å². The van der Waals surface area contributed by atoms with Gasteiger partial charge >= 0.3 is 0 Å². The van der Waals surface area contributed by atoms with E-state index >= 15 is 0 Å². The Labute approximate surface area is 110 Å². The van der Waals surface area contributed by atoms with Gasteiger partial charge in [-0.15, -0.1) is 0 Å². The molecule has 0 aliphatic heterocycles. The van der Waals surface area contributed by atoms with Crippen LogP contribution in [0.4, 0.5) is 0 Å². The Morgan fingerprint density at radius 3 is 2.67 bits per heavy atom. The first kappa shape index (κ1) is 13.5. The van der Waals surface area contributed by atoms with Crippen molar-refractivity contribution in [2.45, 2.75) is 52.0 Å². The Bertz CT molecular complexity index is 352. The number of aromatic nitrogens is 3. The van der Waals surface area contributed by atoms with Crippen LogP contribution in [0, 0.1) is 11.8 Å². The predicted octanol–water partition coefficient (Wildman–Crippen LogP) is 2.16. The minimum Gasteiger partial charge on any atom is -0.314 e. The molecule has 1 heterocycles. The second kappa shape index (κ2) is 6.32. The van der Waals surface area contributed by atoms with Gasteiger partial charge in [-0.3, -0.25) is 4.68 Å². The Morgan fingerprint density at radius 1 is 1.39 bits per heavy atom. The lowest BCUT2D eigenvalue weighted by Crippen LogP contribution is -2.40.